The SMILES string of the molecule is Cc1cn2c(n1)CC[C@H](NC(=O)c1ccc3c(c1)OCCO3)C2. The Hall–Kier alpha value is -2.50. The maximum Gasteiger partial charge on any atom is 0.251 e. The maximum absolute atomic E-state index is 12.5. The molecule has 23 heavy (non-hydrogen) atoms. The molecule has 0 bridgehead atoms. The molecule has 120 valence electrons. The van der Waals surface area contributed by atoms with Crippen LogP contribution in [0, 0.1) is 6.92 Å². The molecular formula is C17H19N3O3. The van der Waals surface area contributed by atoms with Gasteiger partial charge in [-0.1, -0.05) is 0 Å². The van der Waals surface area contributed by atoms with Crippen LogP contribution in [0.2, 0.25) is 0 Å². The fraction of sp³-hybridized carbons (Fsp3) is 0.412. The van der Waals surface area contributed by atoms with Crippen molar-refractivity contribution in [1.82, 2.24) is 14.9 Å². The van der Waals surface area contributed by atoms with Gasteiger partial charge in [-0.25, -0.2) is 4.98 Å². The number of nitrogens with zero attached hydrogens (tertiary/aromatic N) is 2. The van der Waals surface area contributed by atoms with Crippen LogP contribution in [0.15, 0.2) is 24.4 Å². The smallest absolute Gasteiger partial charge is 0.251 e. The Labute approximate surface area is 134 Å². The molecule has 1 aromatic heterocycles. The molecule has 1 amide bonds. The second-order valence-corrected chi connectivity index (χ2v) is 6.02. The standard InChI is InChI=1S/C17H19N3O3/c1-11-9-20-10-13(3-5-16(20)18-11)19-17(21)12-2-4-14-15(8-12)23-7-6-22-14/h2,4,8-9,13H,3,5-7,10H2,1H3,(H,19,21)/t13-/m0/s1. The van der Waals surface area contributed by atoms with E-state index >= 15 is 0 Å². The first-order chi connectivity index (χ1) is 11.2. The van der Waals surface area contributed by atoms with Crippen LogP contribution in [0.5, 0.6) is 11.5 Å². The first-order valence-corrected chi connectivity index (χ1v) is 7.92. The normalized spacial score (nSPS) is 19.1. The van der Waals surface area contributed by atoms with E-state index in [4.69, 9.17) is 9.47 Å². The van der Waals surface area contributed by atoms with Gasteiger partial charge in [0, 0.05) is 30.8 Å². The third kappa shape index (κ3) is 2.76. The van der Waals surface area contributed by atoms with Crippen molar-refractivity contribution < 1.29 is 14.3 Å². The largest absolute Gasteiger partial charge is 0.486 e. The molecule has 3 heterocycles. The number of aromatic nitrogens is 2. The third-order valence-electron chi connectivity index (χ3n) is 4.25. The van der Waals surface area contributed by atoms with Gasteiger partial charge in [0.05, 0.1) is 5.69 Å². The summed E-state index contributed by atoms with van der Waals surface area (Å²) >= 11 is 0. The molecule has 0 aliphatic carbocycles. The molecule has 2 aliphatic rings. The lowest BCUT2D eigenvalue weighted by molar-refractivity contribution is 0.0926. The number of benzene rings is 1. The van der Waals surface area contributed by atoms with E-state index in [1.54, 1.807) is 18.2 Å². The molecule has 0 fully saturated rings. The molecule has 4 rings (SSSR count). The summed E-state index contributed by atoms with van der Waals surface area (Å²) in [7, 11) is 0. The van der Waals surface area contributed by atoms with Crippen LogP contribution >= 0.6 is 0 Å². The topological polar surface area (TPSA) is 65.4 Å². The van der Waals surface area contributed by atoms with E-state index in [1.807, 2.05) is 13.1 Å². The van der Waals surface area contributed by atoms with Gasteiger partial charge in [-0.2, -0.15) is 0 Å². The van der Waals surface area contributed by atoms with Crippen molar-refractivity contribution in [2.24, 2.45) is 0 Å². The van der Waals surface area contributed by atoms with E-state index in [2.05, 4.69) is 14.9 Å². The number of nitrogens with one attached hydrogen (secondary N) is 1. The second-order valence-electron chi connectivity index (χ2n) is 6.02. The molecule has 6 nitrogen and oxygen atoms in total. The number of carbonyl (C=O) groups excluding carboxylic acids is 1. The van der Waals surface area contributed by atoms with Gasteiger partial charge < -0.3 is 19.4 Å². The second kappa shape index (κ2) is 5.61. The molecule has 0 spiro atoms. The number of hydrogen-bond acceptors (Lipinski definition) is 4. The van der Waals surface area contributed by atoms with Crippen molar-refractivity contribution in [3.8, 4) is 11.5 Å². The highest BCUT2D eigenvalue weighted by atomic mass is 16.6. The van der Waals surface area contributed by atoms with E-state index in [9.17, 15) is 4.79 Å². The highest BCUT2D eigenvalue weighted by Crippen LogP contribution is 2.30. The minimum Gasteiger partial charge on any atom is -0.486 e. The summed E-state index contributed by atoms with van der Waals surface area (Å²) in [5.41, 5.74) is 1.63. The molecule has 1 N–H and O–H groups in total. The zero-order valence-corrected chi connectivity index (χ0v) is 13.0. The number of fused-ring (bicyclic) bond motifs is 2. The molecular weight excluding hydrogens is 294 g/mol. The minimum absolute atomic E-state index is 0.0766. The number of imidazole rings is 1. The average molecular weight is 313 g/mol. The number of amides is 1. The quantitative estimate of drug-likeness (QED) is 0.916. The van der Waals surface area contributed by atoms with Crippen molar-refractivity contribution in [3.63, 3.8) is 0 Å². The first kappa shape index (κ1) is 14.1. The Morgan fingerprint density at radius 1 is 1.30 bits per heavy atom. The summed E-state index contributed by atoms with van der Waals surface area (Å²) in [6, 6.07) is 5.44. The van der Waals surface area contributed by atoms with Gasteiger partial charge in [0.15, 0.2) is 11.5 Å². The third-order valence-corrected chi connectivity index (χ3v) is 4.25. The molecule has 0 unspecified atom stereocenters. The van der Waals surface area contributed by atoms with Crippen LogP contribution in [0.4, 0.5) is 0 Å². The Morgan fingerprint density at radius 3 is 3.00 bits per heavy atom. The Balaban J connectivity index is 1.46. The average Bonchev–Trinajstić information content (AvgIpc) is 2.93. The van der Waals surface area contributed by atoms with Crippen LogP contribution in [0.1, 0.15) is 28.3 Å². The van der Waals surface area contributed by atoms with E-state index in [0.29, 0.717) is 30.3 Å². The molecule has 2 aromatic rings. The van der Waals surface area contributed by atoms with Crippen molar-refractivity contribution in [3.05, 3.63) is 41.5 Å². The van der Waals surface area contributed by atoms with Crippen LogP contribution in [-0.2, 0) is 13.0 Å². The van der Waals surface area contributed by atoms with Gasteiger partial charge in [-0.15, -0.1) is 0 Å². The van der Waals surface area contributed by atoms with Crippen molar-refractivity contribution >= 4 is 5.91 Å². The van der Waals surface area contributed by atoms with Gasteiger partial charge in [-0.3, -0.25) is 4.79 Å². The fourth-order valence-electron chi connectivity index (χ4n) is 3.16. The molecule has 2 aliphatic heterocycles. The predicted octanol–water partition coefficient (Wildman–Crippen LogP) is 1.71. The monoisotopic (exact) mass is 313 g/mol. The molecule has 1 atom stereocenters. The van der Waals surface area contributed by atoms with Gasteiger partial charge in [-0.05, 0) is 31.5 Å². The van der Waals surface area contributed by atoms with Gasteiger partial charge in [0.2, 0.25) is 0 Å². The van der Waals surface area contributed by atoms with Crippen molar-refractivity contribution in [1.29, 1.82) is 0 Å². The van der Waals surface area contributed by atoms with E-state index in [1.165, 1.54) is 0 Å². The van der Waals surface area contributed by atoms with Crippen LogP contribution < -0.4 is 14.8 Å². The summed E-state index contributed by atoms with van der Waals surface area (Å²) in [6.45, 7) is 3.83. The number of aryl methyl sites for hydroxylation is 2. The van der Waals surface area contributed by atoms with Crippen LogP contribution in [0.25, 0.3) is 0 Å². The van der Waals surface area contributed by atoms with Gasteiger partial charge in [0.25, 0.3) is 5.91 Å². The molecule has 6 heteroatoms. The number of rotatable bonds is 2. The highest BCUT2D eigenvalue weighted by molar-refractivity contribution is 5.95. The number of carbonyl (C=O) groups is 1. The minimum atomic E-state index is -0.0766. The first-order valence-electron chi connectivity index (χ1n) is 7.92. The summed E-state index contributed by atoms with van der Waals surface area (Å²) in [4.78, 5) is 17.0. The molecule has 0 saturated carbocycles. The van der Waals surface area contributed by atoms with Gasteiger partial charge >= 0.3 is 0 Å². The van der Waals surface area contributed by atoms with Gasteiger partial charge in [0.1, 0.15) is 19.0 Å². The highest BCUT2D eigenvalue weighted by Gasteiger charge is 2.22. The van der Waals surface area contributed by atoms with E-state index in [0.717, 1.165) is 30.9 Å². The van der Waals surface area contributed by atoms with Crippen LogP contribution in [-0.4, -0.2) is 34.7 Å². The zero-order chi connectivity index (χ0) is 15.8. The van der Waals surface area contributed by atoms with Crippen molar-refractivity contribution in [2.75, 3.05) is 13.2 Å². The number of hydrogen-bond donors (Lipinski definition) is 1. The fourth-order valence-corrected chi connectivity index (χ4v) is 3.16. The molecule has 0 radical (unpaired) electrons. The molecule has 1 aromatic carbocycles. The summed E-state index contributed by atoms with van der Waals surface area (Å²) in [5.74, 6) is 2.36. The summed E-state index contributed by atoms with van der Waals surface area (Å²) in [6.07, 6.45) is 3.84. The Kier molecular flexibility index (Phi) is 3.44. The maximum atomic E-state index is 12.5. The lowest BCUT2D eigenvalue weighted by Crippen LogP contribution is -2.40. The Bertz CT molecular complexity index is 754. The summed E-state index contributed by atoms with van der Waals surface area (Å²) in [5, 5.41) is 3.11. The van der Waals surface area contributed by atoms with E-state index in [-0.39, 0.29) is 11.9 Å². The van der Waals surface area contributed by atoms with E-state index < -0.39 is 0 Å². The predicted molar refractivity (Wildman–Crippen MR) is 84.0 cm³/mol. The lowest BCUT2D eigenvalue weighted by Gasteiger charge is -2.25. The zero-order valence-electron chi connectivity index (χ0n) is 13.0. The lowest BCUT2D eigenvalue weighted by atomic mass is 10.1. The van der Waals surface area contributed by atoms with Crippen molar-refractivity contribution in [2.45, 2.75) is 32.4 Å². The van der Waals surface area contributed by atoms with Crippen LogP contribution in [0.3, 0.4) is 0 Å². The molecule has 0 saturated heterocycles. The number of ether oxygens (including phenoxy) is 2. The Morgan fingerprint density at radius 2 is 2.13 bits per heavy atom. The summed E-state index contributed by atoms with van der Waals surface area (Å²) < 4.78 is 13.2.